The largest absolute Gasteiger partial charge is 0.381 e. The summed E-state index contributed by atoms with van der Waals surface area (Å²) < 4.78 is 5.41. The van der Waals surface area contributed by atoms with Crippen LogP contribution in [0, 0.1) is 6.92 Å². The van der Waals surface area contributed by atoms with E-state index in [1.54, 1.807) is 17.2 Å². The van der Waals surface area contributed by atoms with E-state index >= 15 is 0 Å². The molecule has 164 valence electrons. The zero-order valence-electron chi connectivity index (χ0n) is 17.5. The highest BCUT2D eigenvalue weighted by molar-refractivity contribution is 6.35. The van der Waals surface area contributed by atoms with Crippen LogP contribution in [-0.4, -0.2) is 41.0 Å². The van der Waals surface area contributed by atoms with Gasteiger partial charge in [-0.25, -0.2) is 4.99 Å². The number of ether oxygens (including phenoxy) is 1. The van der Waals surface area contributed by atoms with Crippen LogP contribution in [0.5, 0.6) is 0 Å². The Bertz CT molecular complexity index is 1040. The Morgan fingerprint density at radius 1 is 1.26 bits per heavy atom. The number of carbonyl (C=O) groups is 1. The quantitative estimate of drug-likeness (QED) is 0.704. The standard InChI is InChI=1S/C22H25Cl2N5O2/c1-13-10-16(23)18(12-26-13)27-17-5-3-4-15(20(17)24)22(2)11-19(30)29(21(25)28-22)14-6-8-31-9-7-14/h3-5,10,12,14,27H,6-9,11H2,1-2H3,(H2,25,28)/t22-/m0/s1. The van der Waals surface area contributed by atoms with Gasteiger partial charge in [0.1, 0.15) is 0 Å². The van der Waals surface area contributed by atoms with Gasteiger partial charge in [0.2, 0.25) is 5.91 Å². The molecule has 1 aromatic carbocycles. The van der Waals surface area contributed by atoms with Crippen molar-refractivity contribution in [2.45, 2.75) is 44.7 Å². The lowest BCUT2D eigenvalue weighted by Gasteiger charge is -2.40. The maximum Gasteiger partial charge on any atom is 0.232 e. The Hall–Kier alpha value is -2.35. The monoisotopic (exact) mass is 461 g/mol. The Morgan fingerprint density at radius 3 is 2.68 bits per heavy atom. The Balaban J connectivity index is 1.65. The molecule has 3 heterocycles. The highest BCUT2D eigenvalue weighted by Crippen LogP contribution is 2.41. The molecule has 2 aromatic rings. The molecule has 1 atom stereocenters. The van der Waals surface area contributed by atoms with Crippen LogP contribution in [-0.2, 0) is 15.1 Å². The van der Waals surface area contributed by atoms with E-state index in [-0.39, 0.29) is 24.3 Å². The van der Waals surface area contributed by atoms with Crippen LogP contribution >= 0.6 is 23.2 Å². The summed E-state index contributed by atoms with van der Waals surface area (Å²) in [6, 6.07) is 7.38. The van der Waals surface area contributed by atoms with Gasteiger partial charge in [-0.15, -0.1) is 0 Å². The zero-order chi connectivity index (χ0) is 22.2. The lowest BCUT2D eigenvalue weighted by Crippen LogP contribution is -2.55. The fraction of sp³-hybridized carbons (Fsp3) is 0.409. The van der Waals surface area contributed by atoms with Crippen molar-refractivity contribution in [1.29, 1.82) is 0 Å². The molecule has 2 aliphatic heterocycles. The molecule has 3 N–H and O–H groups in total. The maximum atomic E-state index is 13.1. The number of nitrogens with two attached hydrogens (primary N) is 1. The average molecular weight is 462 g/mol. The number of halogens is 2. The second kappa shape index (κ2) is 8.65. The number of amides is 1. The summed E-state index contributed by atoms with van der Waals surface area (Å²) in [5.74, 6) is 0.174. The number of hydrogen-bond acceptors (Lipinski definition) is 6. The number of pyridine rings is 1. The van der Waals surface area contributed by atoms with Crippen molar-refractivity contribution in [2.75, 3.05) is 18.5 Å². The number of rotatable bonds is 4. The Morgan fingerprint density at radius 2 is 2.00 bits per heavy atom. The summed E-state index contributed by atoms with van der Waals surface area (Å²) in [4.78, 5) is 23.7. The van der Waals surface area contributed by atoms with E-state index in [0.717, 1.165) is 24.1 Å². The molecule has 2 aliphatic rings. The summed E-state index contributed by atoms with van der Waals surface area (Å²) >= 11 is 13.1. The number of guanidine groups is 1. The fourth-order valence-electron chi connectivity index (χ4n) is 4.15. The molecule has 0 unspecified atom stereocenters. The number of aliphatic imine (C=N–C) groups is 1. The van der Waals surface area contributed by atoms with Crippen LogP contribution in [0.4, 0.5) is 11.4 Å². The molecule has 1 fully saturated rings. The molecule has 1 aromatic heterocycles. The van der Waals surface area contributed by atoms with E-state index in [1.807, 2.05) is 32.0 Å². The van der Waals surface area contributed by atoms with Crippen LogP contribution in [0.25, 0.3) is 0 Å². The van der Waals surface area contributed by atoms with Crippen LogP contribution in [0.15, 0.2) is 35.5 Å². The summed E-state index contributed by atoms with van der Waals surface area (Å²) in [5, 5.41) is 4.24. The summed E-state index contributed by atoms with van der Waals surface area (Å²) in [7, 11) is 0. The Labute approximate surface area is 191 Å². The van der Waals surface area contributed by atoms with Crippen molar-refractivity contribution < 1.29 is 9.53 Å². The van der Waals surface area contributed by atoms with Crippen LogP contribution in [0.3, 0.4) is 0 Å². The third-order valence-corrected chi connectivity index (χ3v) is 6.49. The average Bonchev–Trinajstić information content (AvgIpc) is 2.71. The van der Waals surface area contributed by atoms with Crippen molar-refractivity contribution in [2.24, 2.45) is 10.7 Å². The minimum absolute atomic E-state index is 0.0224. The van der Waals surface area contributed by atoms with Crippen LogP contribution < -0.4 is 11.1 Å². The molecule has 9 heteroatoms. The smallest absolute Gasteiger partial charge is 0.232 e. The van der Waals surface area contributed by atoms with E-state index in [4.69, 9.17) is 38.7 Å². The van der Waals surface area contributed by atoms with E-state index < -0.39 is 5.54 Å². The zero-order valence-corrected chi connectivity index (χ0v) is 19.0. The number of hydrogen-bond donors (Lipinski definition) is 2. The molecule has 31 heavy (non-hydrogen) atoms. The summed E-state index contributed by atoms with van der Waals surface area (Å²) in [6.45, 7) is 4.99. The first-order chi connectivity index (χ1) is 14.8. The van der Waals surface area contributed by atoms with E-state index in [1.165, 1.54) is 0 Å². The van der Waals surface area contributed by atoms with Gasteiger partial charge in [-0.05, 0) is 38.8 Å². The molecule has 0 radical (unpaired) electrons. The van der Waals surface area contributed by atoms with Crippen molar-refractivity contribution in [1.82, 2.24) is 9.88 Å². The third kappa shape index (κ3) is 4.35. The third-order valence-electron chi connectivity index (χ3n) is 5.77. The molecular weight excluding hydrogens is 437 g/mol. The normalized spacial score (nSPS) is 22.4. The lowest BCUT2D eigenvalue weighted by molar-refractivity contribution is -0.132. The van der Waals surface area contributed by atoms with Crippen LogP contribution in [0.1, 0.15) is 37.4 Å². The van der Waals surface area contributed by atoms with Gasteiger partial charge < -0.3 is 15.8 Å². The highest BCUT2D eigenvalue weighted by atomic mass is 35.5. The topological polar surface area (TPSA) is 92.8 Å². The van der Waals surface area contributed by atoms with Gasteiger partial charge in [-0.1, -0.05) is 35.3 Å². The molecule has 4 rings (SSSR count). The SMILES string of the molecule is Cc1cc(Cl)c(Nc2cccc([C@]3(C)CC(=O)N(C4CCOCC4)C(N)=N3)c2Cl)cn1. The number of nitrogens with one attached hydrogen (secondary N) is 1. The van der Waals surface area contributed by atoms with Crippen molar-refractivity contribution in [3.63, 3.8) is 0 Å². The Kier molecular flexibility index (Phi) is 6.10. The first-order valence-electron chi connectivity index (χ1n) is 10.2. The van der Waals surface area contributed by atoms with E-state index in [9.17, 15) is 4.79 Å². The first kappa shape index (κ1) is 21.9. The summed E-state index contributed by atoms with van der Waals surface area (Å²) in [5.41, 5.74) is 8.26. The molecule has 0 aliphatic carbocycles. The lowest BCUT2D eigenvalue weighted by atomic mass is 9.86. The number of anilines is 2. The molecular formula is C22H25Cl2N5O2. The molecule has 1 saturated heterocycles. The van der Waals surface area contributed by atoms with Gasteiger partial charge >= 0.3 is 0 Å². The molecule has 0 bridgehead atoms. The number of benzene rings is 1. The number of aromatic nitrogens is 1. The first-order valence-corrected chi connectivity index (χ1v) is 11.0. The molecule has 7 nitrogen and oxygen atoms in total. The van der Waals surface area contributed by atoms with Gasteiger partial charge in [-0.2, -0.15) is 0 Å². The van der Waals surface area contributed by atoms with Crippen molar-refractivity contribution >= 4 is 46.4 Å². The van der Waals surface area contributed by atoms with E-state index in [0.29, 0.717) is 34.6 Å². The molecule has 0 saturated carbocycles. The second-order valence-electron chi connectivity index (χ2n) is 8.13. The van der Waals surface area contributed by atoms with Crippen LogP contribution in [0.2, 0.25) is 10.0 Å². The number of carbonyl (C=O) groups excluding carboxylic acids is 1. The molecule has 1 amide bonds. The predicted molar refractivity (Wildman–Crippen MR) is 123 cm³/mol. The van der Waals surface area contributed by atoms with Gasteiger partial charge in [0, 0.05) is 30.5 Å². The maximum absolute atomic E-state index is 13.1. The number of nitrogens with zero attached hydrogens (tertiary/aromatic N) is 3. The van der Waals surface area contributed by atoms with E-state index in [2.05, 4.69) is 10.3 Å². The van der Waals surface area contributed by atoms with Gasteiger partial charge in [0.15, 0.2) is 5.96 Å². The minimum atomic E-state index is -0.868. The highest BCUT2D eigenvalue weighted by Gasteiger charge is 2.41. The predicted octanol–water partition coefficient (Wildman–Crippen LogP) is 4.38. The van der Waals surface area contributed by atoms with Crippen molar-refractivity contribution in [3.8, 4) is 0 Å². The second-order valence-corrected chi connectivity index (χ2v) is 8.91. The van der Waals surface area contributed by atoms with Gasteiger partial charge in [0.25, 0.3) is 0 Å². The minimum Gasteiger partial charge on any atom is -0.381 e. The van der Waals surface area contributed by atoms with Gasteiger partial charge in [-0.3, -0.25) is 14.7 Å². The number of aryl methyl sites for hydroxylation is 1. The van der Waals surface area contributed by atoms with Gasteiger partial charge in [0.05, 0.1) is 39.6 Å². The van der Waals surface area contributed by atoms with Crippen molar-refractivity contribution in [3.05, 3.63) is 51.8 Å². The molecule has 0 spiro atoms. The fourth-order valence-corrected chi connectivity index (χ4v) is 4.78. The summed E-state index contributed by atoms with van der Waals surface area (Å²) in [6.07, 6.45) is 3.35.